The van der Waals surface area contributed by atoms with E-state index >= 15 is 0 Å². The van der Waals surface area contributed by atoms with Gasteiger partial charge in [0.25, 0.3) is 0 Å². The second kappa shape index (κ2) is 4.56. The lowest BCUT2D eigenvalue weighted by atomic mass is 10.1. The number of carboxylic acid groups (broad SMARTS) is 1. The first kappa shape index (κ1) is 12.8. The van der Waals surface area contributed by atoms with Crippen LogP contribution in [-0.2, 0) is 0 Å². The monoisotopic (exact) mass is 270 g/mol. The Bertz CT molecular complexity index is 682. The summed E-state index contributed by atoms with van der Waals surface area (Å²) < 4.78 is 39.1. The highest BCUT2D eigenvalue weighted by molar-refractivity contribution is 6.12. The number of hydrogen-bond donors (Lipinski definition) is 2. The Balaban J connectivity index is 2.53. The first-order chi connectivity index (χ1) is 8.91. The molecule has 98 valence electrons. The van der Waals surface area contributed by atoms with Gasteiger partial charge in [-0.05, 0) is 6.07 Å². The molecule has 0 saturated carbocycles. The molecule has 0 spiro atoms. The minimum atomic E-state index is -1.48. The fraction of sp³-hybridized carbons (Fsp3) is 0. The van der Waals surface area contributed by atoms with E-state index in [0.29, 0.717) is 6.07 Å². The van der Waals surface area contributed by atoms with Crippen LogP contribution in [0.15, 0.2) is 18.5 Å². The smallest absolute Gasteiger partial charge is 0.354 e. The number of H-pyrrole nitrogens is 1. The molecule has 0 bridgehead atoms. The number of imidazole rings is 1. The molecule has 0 aliphatic heterocycles. The van der Waals surface area contributed by atoms with Crippen LogP contribution in [0.3, 0.4) is 0 Å². The zero-order chi connectivity index (χ0) is 14.2. The molecule has 19 heavy (non-hydrogen) atoms. The first-order valence-corrected chi connectivity index (χ1v) is 4.87. The van der Waals surface area contributed by atoms with Crippen molar-refractivity contribution in [2.45, 2.75) is 0 Å². The molecule has 1 aromatic heterocycles. The SMILES string of the molecule is O=C(c1cc(F)c(F)cc1F)c1nc[nH]c1C(=O)O. The molecule has 2 N–H and O–H groups in total. The van der Waals surface area contributed by atoms with Crippen LogP contribution in [-0.4, -0.2) is 26.8 Å². The van der Waals surface area contributed by atoms with Gasteiger partial charge in [-0.25, -0.2) is 22.9 Å². The molecule has 5 nitrogen and oxygen atoms in total. The molecule has 0 saturated heterocycles. The van der Waals surface area contributed by atoms with Gasteiger partial charge in [0.15, 0.2) is 17.3 Å². The van der Waals surface area contributed by atoms with E-state index in [4.69, 9.17) is 5.11 Å². The first-order valence-electron chi connectivity index (χ1n) is 4.87. The molecular formula is C11H5F3N2O3. The Kier molecular flexibility index (Phi) is 3.07. The largest absolute Gasteiger partial charge is 0.477 e. The van der Waals surface area contributed by atoms with Crippen LogP contribution >= 0.6 is 0 Å². The minimum absolute atomic E-state index is 0.204. The van der Waals surface area contributed by atoms with E-state index in [1.165, 1.54) is 0 Å². The molecule has 0 aliphatic carbocycles. The number of ketones is 1. The van der Waals surface area contributed by atoms with Crippen LogP contribution < -0.4 is 0 Å². The van der Waals surface area contributed by atoms with Crippen molar-refractivity contribution in [3.05, 3.63) is 52.9 Å². The van der Waals surface area contributed by atoms with Crippen LogP contribution in [0.25, 0.3) is 0 Å². The normalized spacial score (nSPS) is 10.5. The summed E-state index contributed by atoms with van der Waals surface area (Å²) in [6, 6.07) is 0.559. The predicted molar refractivity (Wildman–Crippen MR) is 55.3 cm³/mol. The van der Waals surface area contributed by atoms with Crippen molar-refractivity contribution in [3.63, 3.8) is 0 Å². The standard InChI is InChI=1S/C11H5F3N2O3/c12-5-2-7(14)6(13)1-4(5)10(17)8-9(11(18)19)16-3-15-8/h1-3H,(H,15,16)(H,18,19). The van der Waals surface area contributed by atoms with Crippen molar-refractivity contribution in [1.29, 1.82) is 0 Å². The average Bonchev–Trinajstić information content (AvgIpc) is 2.82. The quantitative estimate of drug-likeness (QED) is 0.657. The van der Waals surface area contributed by atoms with Crippen LogP contribution in [0.1, 0.15) is 26.5 Å². The molecule has 1 aromatic carbocycles. The Hall–Kier alpha value is -2.64. The highest BCUT2D eigenvalue weighted by Crippen LogP contribution is 2.18. The number of nitrogens with one attached hydrogen (secondary N) is 1. The minimum Gasteiger partial charge on any atom is -0.477 e. The summed E-state index contributed by atoms with van der Waals surface area (Å²) in [6.07, 6.45) is 0.925. The lowest BCUT2D eigenvalue weighted by Crippen LogP contribution is -2.12. The van der Waals surface area contributed by atoms with Gasteiger partial charge in [-0.1, -0.05) is 0 Å². The number of hydrogen-bond acceptors (Lipinski definition) is 3. The van der Waals surface area contributed by atoms with Gasteiger partial charge in [-0.3, -0.25) is 4.79 Å². The van der Waals surface area contributed by atoms with E-state index in [9.17, 15) is 22.8 Å². The number of nitrogens with zero attached hydrogens (tertiary/aromatic N) is 1. The van der Waals surface area contributed by atoms with E-state index in [0.717, 1.165) is 6.33 Å². The number of aromatic nitrogens is 2. The van der Waals surface area contributed by atoms with Gasteiger partial charge < -0.3 is 10.1 Å². The Labute approximate surface area is 103 Å². The lowest BCUT2D eigenvalue weighted by Gasteiger charge is -2.02. The van der Waals surface area contributed by atoms with Gasteiger partial charge in [-0.15, -0.1) is 0 Å². The maximum absolute atomic E-state index is 13.4. The molecule has 0 amide bonds. The van der Waals surface area contributed by atoms with Crippen molar-refractivity contribution in [3.8, 4) is 0 Å². The van der Waals surface area contributed by atoms with Crippen LogP contribution in [0.5, 0.6) is 0 Å². The van der Waals surface area contributed by atoms with Gasteiger partial charge in [0, 0.05) is 6.07 Å². The third-order valence-electron chi connectivity index (χ3n) is 2.32. The van der Waals surface area contributed by atoms with Gasteiger partial charge in [0.1, 0.15) is 11.5 Å². The highest BCUT2D eigenvalue weighted by atomic mass is 19.2. The fourth-order valence-corrected chi connectivity index (χ4v) is 1.45. The maximum Gasteiger partial charge on any atom is 0.354 e. The Morgan fingerprint density at radius 1 is 1.11 bits per heavy atom. The van der Waals surface area contributed by atoms with Crippen LogP contribution in [0.4, 0.5) is 13.2 Å². The van der Waals surface area contributed by atoms with Crippen molar-refractivity contribution >= 4 is 11.8 Å². The number of carboxylic acids is 1. The summed E-state index contributed by atoms with van der Waals surface area (Å²) in [6.45, 7) is 0. The Morgan fingerprint density at radius 3 is 2.37 bits per heavy atom. The lowest BCUT2D eigenvalue weighted by molar-refractivity contribution is 0.0686. The molecule has 8 heteroatoms. The summed E-state index contributed by atoms with van der Waals surface area (Å²) in [5, 5.41) is 8.77. The van der Waals surface area contributed by atoms with Crippen LogP contribution in [0, 0.1) is 17.5 Å². The number of aromatic carboxylic acids is 1. The summed E-state index contributed by atoms with van der Waals surface area (Å²) in [4.78, 5) is 28.2. The maximum atomic E-state index is 13.4. The predicted octanol–water partition coefficient (Wildman–Crippen LogP) is 1.76. The summed E-state index contributed by atoms with van der Waals surface area (Å²) in [5.41, 5.74) is -1.94. The van der Waals surface area contributed by atoms with E-state index in [2.05, 4.69) is 9.97 Å². The molecule has 0 radical (unpaired) electrons. The van der Waals surface area contributed by atoms with Gasteiger partial charge in [0.2, 0.25) is 5.78 Å². The van der Waals surface area contributed by atoms with Crippen molar-refractivity contribution in [1.82, 2.24) is 9.97 Å². The molecule has 2 aromatic rings. The highest BCUT2D eigenvalue weighted by Gasteiger charge is 2.24. The average molecular weight is 270 g/mol. The molecule has 0 aliphatic rings. The summed E-state index contributed by atoms with van der Waals surface area (Å²) in [5.74, 6) is -6.81. The van der Waals surface area contributed by atoms with Gasteiger partial charge >= 0.3 is 5.97 Å². The number of rotatable bonds is 3. The second-order valence-corrected chi connectivity index (χ2v) is 3.51. The van der Waals surface area contributed by atoms with Crippen molar-refractivity contribution in [2.24, 2.45) is 0 Å². The molecule has 2 rings (SSSR count). The number of halogens is 3. The van der Waals surface area contributed by atoms with Crippen molar-refractivity contribution in [2.75, 3.05) is 0 Å². The number of aromatic amines is 1. The third-order valence-corrected chi connectivity index (χ3v) is 2.32. The molecular weight excluding hydrogens is 265 g/mol. The molecule has 0 fully saturated rings. The molecule has 0 atom stereocenters. The number of carbonyl (C=O) groups is 2. The van der Waals surface area contributed by atoms with E-state index in [1.807, 2.05) is 0 Å². The third kappa shape index (κ3) is 2.19. The van der Waals surface area contributed by atoms with Crippen LogP contribution in [0.2, 0.25) is 0 Å². The number of carbonyl (C=O) groups excluding carboxylic acids is 1. The van der Waals surface area contributed by atoms with E-state index in [-0.39, 0.29) is 6.07 Å². The van der Waals surface area contributed by atoms with Crippen molar-refractivity contribution < 1.29 is 27.9 Å². The summed E-state index contributed by atoms with van der Waals surface area (Å²) in [7, 11) is 0. The van der Waals surface area contributed by atoms with E-state index in [1.54, 1.807) is 0 Å². The zero-order valence-corrected chi connectivity index (χ0v) is 9.08. The number of benzene rings is 1. The molecule has 0 unspecified atom stereocenters. The van der Waals surface area contributed by atoms with E-state index < -0.39 is 46.2 Å². The second-order valence-electron chi connectivity index (χ2n) is 3.51. The Morgan fingerprint density at radius 2 is 1.74 bits per heavy atom. The fourth-order valence-electron chi connectivity index (χ4n) is 1.45. The van der Waals surface area contributed by atoms with Gasteiger partial charge in [-0.2, -0.15) is 0 Å². The topological polar surface area (TPSA) is 83.0 Å². The summed E-state index contributed by atoms with van der Waals surface area (Å²) >= 11 is 0. The van der Waals surface area contributed by atoms with Gasteiger partial charge in [0.05, 0.1) is 11.9 Å². The molecule has 1 heterocycles. The zero-order valence-electron chi connectivity index (χ0n) is 9.08.